The zero-order chi connectivity index (χ0) is 12.6. The molecule has 17 heavy (non-hydrogen) atoms. The number of fused-ring (bicyclic) bond motifs is 1. The second kappa shape index (κ2) is 3.87. The molecule has 0 saturated heterocycles. The Balaban J connectivity index is 2.65. The molecule has 0 radical (unpaired) electrons. The maximum Gasteiger partial charge on any atom is 0.201 e. The van der Waals surface area contributed by atoms with E-state index in [-0.39, 0.29) is 5.75 Å². The number of phenols is 1. The summed E-state index contributed by atoms with van der Waals surface area (Å²) >= 11 is 0. The monoisotopic (exact) mass is 236 g/mol. The lowest BCUT2D eigenvalue weighted by Gasteiger charge is -2.29. The van der Waals surface area contributed by atoms with Crippen LogP contribution in [-0.4, -0.2) is 24.9 Å². The molecule has 0 unspecified atom stereocenters. The van der Waals surface area contributed by atoms with Gasteiger partial charge in [0.15, 0.2) is 11.5 Å². The number of benzene rings is 1. The normalized spacial score (nSPS) is 16.0. The van der Waals surface area contributed by atoms with Crippen molar-refractivity contribution in [1.29, 1.82) is 0 Å². The van der Waals surface area contributed by atoms with Crippen LogP contribution in [0.3, 0.4) is 0 Å². The first kappa shape index (κ1) is 11.6. The molecule has 0 fully saturated rings. The van der Waals surface area contributed by atoms with E-state index in [0.29, 0.717) is 17.2 Å². The van der Waals surface area contributed by atoms with Crippen LogP contribution < -0.4 is 14.2 Å². The lowest BCUT2D eigenvalue weighted by molar-refractivity contribution is 0.150. The molecule has 0 bridgehead atoms. The van der Waals surface area contributed by atoms with E-state index in [9.17, 15) is 5.11 Å². The highest BCUT2D eigenvalue weighted by molar-refractivity contribution is 5.74. The molecule has 1 aromatic rings. The standard InChI is InChI=1S/C13H16O4/c1-13(2)6-5-8-9(15-3)7-10(16-4)11(14)12(8)17-13/h5-7,14H,1-4H3. The third-order valence-electron chi connectivity index (χ3n) is 2.68. The van der Waals surface area contributed by atoms with Crippen molar-refractivity contribution in [3.05, 3.63) is 17.7 Å². The van der Waals surface area contributed by atoms with Crippen LogP contribution in [0.5, 0.6) is 23.0 Å². The van der Waals surface area contributed by atoms with Crippen LogP contribution in [0.15, 0.2) is 12.1 Å². The summed E-state index contributed by atoms with van der Waals surface area (Å²) in [7, 11) is 3.06. The van der Waals surface area contributed by atoms with Crippen LogP contribution in [-0.2, 0) is 0 Å². The van der Waals surface area contributed by atoms with Crippen LogP contribution in [0.2, 0.25) is 0 Å². The van der Waals surface area contributed by atoms with Crippen LogP contribution in [0.25, 0.3) is 6.08 Å². The fourth-order valence-corrected chi connectivity index (χ4v) is 1.78. The van der Waals surface area contributed by atoms with Gasteiger partial charge in [0.25, 0.3) is 0 Å². The van der Waals surface area contributed by atoms with Gasteiger partial charge in [-0.1, -0.05) is 0 Å². The molecule has 4 nitrogen and oxygen atoms in total. The molecule has 0 amide bonds. The van der Waals surface area contributed by atoms with Gasteiger partial charge in [-0.25, -0.2) is 0 Å². The number of phenolic OH excluding ortho intramolecular Hbond substituents is 1. The Labute approximate surface area is 100 Å². The highest BCUT2D eigenvalue weighted by Gasteiger charge is 2.28. The SMILES string of the molecule is COc1cc(OC)c2c(c1O)OC(C)(C)C=C2. The van der Waals surface area contributed by atoms with Crippen molar-refractivity contribution in [1.82, 2.24) is 0 Å². The van der Waals surface area contributed by atoms with Crippen LogP contribution in [0, 0.1) is 0 Å². The molecular weight excluding hydrogens is 220 g/mol. The molecule has 4 heteroatoms. The lowest BCUT2D eigenvalue weighted by Crippen LogP contribution is -2.27. The van der Waals surface area contributed by atoms with Crippen LogP contribution in [0.1, 0.15) is 19.4 Å². The second-order valence-electron chi connectivity index (χ2n) is 4.41. The van der Waals surface area contributed by atoms with Gasteiger partial charge in [0.05, 0.1) is 19.8 Å². The van der Waals surface area contributed by atoms with Gasteiger partial charge in [-0.2, -0.15) is 0 Å². The molecule has 0 spiro atoms. The molecule has 1 N–H and O–H groups in total. The molecule has 0 saturated carbocycles. The number of rotatable bonds is 2. The van der Waals surface area contributed by atoms with Crippen molar-refractivity contribution < 1.29 is 19.3 Å². The van der Waals surface area contributed by atoms with Crippen molar-refractivity contribution in [3.63, 3.8) is 0 Å². The van der Waals surface area contributed by atoms with Crippen molar-refractivity contribution in [2.75, 3.05) is 14.2 Å². The Morgan fingerprint density at radius 2 is 1.82 bits per heavy atom. The molecule has 0 aliphatic carbocycles. The highest BCUT2D eigenvalue weighted by atomic mass is 16.5. The molecule has 2 rings (SSSR count). The number of hydrogen-bond acceptors (Lipinski definition) is 4. The summed E-state index contributed by atoms with van der Waals surface area (Å²) in [6, 6.07) is 1.64. The summed E-state index contributed by atoms with van der Waals surface area (Å²) in [5.41, 5.74) is 0.270. The van der Waals surface area contributed by atoms with Crippen molar-refractivity contribution >= 4 is 6.08 Å². The molecule has 1 heterocycles. The van der Waals surface area contributed by atoms with Gasteiger partial charge < -0.3 is 19.3 Å². The van der Waals surface area contributed by atoms with Gasteiger partial charge >= 0.3 is 0 Å². The Morgan fingerprint density at radius 3 is 2.41 bits per heavy atom. The molecule has 0 atom stereocenters. The lowest BCUT2D eigenvalue weighted by atomic mass is 10.0. The highest BCUT2D eigenvalue weighted by Crippen LogP contribution is 2.48. The number of ether oxygens (including phenoxy) is 3. The summed E-state index contributed by atoms with van der Waals surface area (Å²) in [4.78, 5) is 0. The third-order valence-corrected chi connectivity index (χ3v) is 2.68. The smallest absolute Gasteiger partial charge is 0.201 e. The summed E-state index contributed by atoms with van der Waals surface area (Å²) in [6.07, 6.45) is 3.81. The van der Waals surface area contributed by atoms with E-state index >= 15 is 0 Å². The van der Waals surface area contributed by atoms with Crippen LogP contribution in [0.4, 0.5) is 0 Å². The first-order valence-electron chi connectivity index (χ1n) is 5.34. The Bertz CT molecular complexity index is 475. The first-order chi connectivity index (χ1) is 7.98. The first-order valence-corrected chi connectivity index (χ1v) is 5.34. The van der Waals surface area contributed by atoms with Gasteiger partial charge in [0, 0.05) is 6.07 Å². The zero-order valence-electron chi connectivity index (χ0n) is 10.4. The van der Waals surface area contributed by atoms with Crippen LogP contribution >= 0.6 is 0 Å². The van der Waals surface area contributed by atoms with E-state index in [1.807, 2.05) is 26.0 Å². The molecule has 1 aliphatic heterocycles. The second-order valence-corrected chi connectivity index (χ2v) is 4.41. The summed E-state index contributed by atoms with van der Waals surface area (Å²) in [6.45, 7) is 3.83. The number of aromatic hydroxyl groups is 1. The minimum atomic E-state index is -0.456. The van der Waals surface area contributed by atoms with Gasteiger partial charge in [-0.05, 0) is 26.0 Å². The van der Waals surface area contributed by atoms with E-state index in [0.717, 1.165) is 5.56 Å². The average Bonchev–Trinajstić information content (AvgIpc) is 2.29. The summed E-state index contributed by atoms with van der Waals surface area (Å²) in [5.74, 6) is 1.35. The number of methoxy groups -OCH3 is 2. The molecule has 1 aliphatic rings. The van der Waals surface area contributed by atoms with E-state index in [1.165, 1.54) is 7.11 Å². The average molecular weight is 236 g/mol. The quantitative estimate of drug-likeness (QED) is 0.857. The fraction of sp³-hybridized carbons (Fsp3) is 0.385. The molecular formula is C13H16O4. The number of hydrogen-bond donors (Lipinski definition) is 1. The maximum absolute atomic E-state index is 10.0. The molecule has 0 aromatic heterocycles. The third kappa shape index (κ3) is 1.90. The minimum absolute atomic E-state index is 0.000671. The van der Waals surface area contributed by atoms with Gasteiger partial charge in [0.2, 0.25) is 5.75 Å². The van der Waals surface area contributed by atoms with Crippen molar-refractivity contribution in [3.8, 4) is 23.0 Å². The van der Waals surface area contributed by atoms with Crippen molar-refractivity contribution in [2.45, 2.75) is 19.4 Å². The topological polar surface area (TPSA) is 47.9 Å². The summed E-state index contributed by atoms with van der Waals surface area (Å²) in [5, 5.41) is 10.0. The van der Waals surface area contributed by atoms with E-state index in [1.54, 1.807) is 13.2 Å². The summed E-state index contributed by atoms with van der Waals surface area (Å²) < 4.78 is 16.1. The molecule has 1 aromatic carbocycles. The largest absolute Gasteiger partial charge is 0.502 e. The van der Waals surface area contributed by atoms with Gasteiger partial charge in [0.1, 0.15) is 11.4 Å². The van der Waals surface area contributed by atoms with Gasteiger partial charge in [-0.15, -0.1) is 0 Å². The van der Waals surface area contributed by atoms with E-state index in [4.69, 9.17) is 14.2 Å². The van der Waals surface area contributed by atoms with E-state index in [2.05, 4.69) is 0 Å². The van der Waals surface area contributed by atoms with Gasteiger partial charge in [-0.3, -0.25) is 0 Å². The minimum Gasteiger partial charge on any atom is -0.502 e. The predicted octanol–water partition coefficient (Wildman–Crippen LogP) is 2.59. The Hall–Kier alpha value is -1.84. The Morgan fingerprint density at radius 1 is 1.18 bits per heavy atom. The van der Waals surface area contributed by atoms with E-state index < -0.39 is 5.60 Å². The predicted molar refractivity (Wildman–Crippen MR) is 65.0 cm³/mol. The molecule has 92 valence electrons. The maximum atomic E-state index is 10.0. The Kier molecular flexibility index (Phi) is 2.65. The fourth-order valence-electron chi connectivity index (χ4n) is 1.78. The van der Waals surface area contributed by atoms with Crippen molar-refractivity contribution in [2.24, 2.45) is 0 Å². The zero-order valence-corrected chi connectivity index (χ0v) is 10.4.